The molecule has 26 heavy (non-hydrogen) atoms. The van der Waals surface area contributed by atoms with Crippen LogP contribution in [0, 0.1) is 13.8 Å². The Kier molecular flexibility index (Phi) is 4.18. The van der Waals surface area contributed by atoms with E-state index in [1.165, 1.54) is 29.3 Å². The monoisotopic (exact) mass is 360 g/mol. The standard InChI is InChI=1S/C20H16N4OS/c1-12-8-13(2)17-16(9-12)26-20(23-17)24-19(25)15-10-21-18(22-11-15)14-6-4-3-5-7-14/h3-11H,1-2H3,(H,23,24,25). The van der Waals surface area contributed by atoms with Crippen molar-refractivity contribution in [2.45, 2.75) is 13.8 Å². The van der Waals surface area contributed by atoms with Gasteiger partial charge in [-0.1, -0.05) is 47.7 Å². The van der Waals surface area contributed by atoms with Gasteiger partial charge in [0.05, 0.1) is 15.8 Å². The van der Waals surface area contributed by atoms with Crippen LogP contribution in [-0.4, -0.2) is 20.9 Å². The average Bonchev–Trinajstić information content (AvgIpc) is 3.05. The van der Waals surface area contributed by atoms with Crippen LogP contribution in [0.3, 0.4) is 0 Å². The van der Waals surface area contributed by atoms with Gasteiger partial charge < -0.3 is 0 Å². The zero-order valence-electron chi connectivity index (χ0n) is 14.4. The fraction of sp³-hybridized carbons (Fsp3) is 0.100. The number of fused-ring (bicyclic) bond motifs is 1. The lowest BCUT2D eigenvalue weighted by Crippen LogP contribution is -2.12. The predicted molar refractivity (Wildman–Crippen MR) is 105 cm³/mol. The smallest absolute Gasteiger partial charge is 0.260 e. The first kappa shape index (κ1) is 16.4. The second kappa shape index (κ2) is 6.65. The van der Waals surface area contributed by atoms with Crippen LogP contribution in [0.1, 0.15) is 21.5 Å². The summed E-state index contributed by atoms with van der Waals surface area (Å²) in [7, 11) is 0. The van der Waals surface area contributed by atoms with Gasteiger partial charge in [-0.25, -0.2) is 15.0 Å². The first-order valence-corrected chi connectivity index (χ1v) is 8.98. The summed E-state index contributed by atoms with van der Waals surface area (Å²) >= 11 is 1.46. The zero-order valence-corrected chi connectivity index (χ0v) is 15.2. The lowest BCUT2D eigenvalue weighted by Gasteiger charge is -2.03. The Balaban J connectivity index is 1.56. The molecular weight excluding hydrogens is 344 g/mol. The zero-order chi connectivity index (χ0) is 18.1. The number of rotatable bonds is 3. The molecule has 0 atom stereocenters. The quantitative estimate of drug-likeness (QED) is 0.579. The number of carbonyl (C=O) groups is 1. The number of benzene rings is 2. The summed E-state index contributed by atoms with van der Waals surface area (Å²) in [6, 6.07) is 13.8. The molecule has 0 saturated heterocycles. The number of thiazole rings is 1. The number of anilines is 1. The Morgan fingerprint density at radius 1 is 1.04 bits per heavy atom. The molecule has 0 aliphatic carbocycles. The third-order valence-corrected chi connectivity index (χ3v) is 4.91. The fourth-order valence-corrected chi connectivity index (χ4v) is 3.81. The van der Waals surface area contributed by atoms with Gasteiger partial charge in [0.1, 0.15) is 0 Å². The summed E-state index contributed by atoms with van der Waals surface area (Å²) in [6.45, 7) is 4.08. The lowest BCUT2D eigenvalue weighted by molar-refractivity contribution is 0.102. The molecule has 2 aromatic heterocycles. The number of nitrogens with zero attached hydrogens (tertiary/aromatic N) is 3. The van der Waals surface area contributed by atoms with E-state index in [2.05, 4.69) is 39.3 Å². The maximum absolute atomic E-state index is 12.5. The highest BCUT2D eigenvalue weighted by atomic mass is 32.1. The molecule has 2 heterocycles. The summed E-state index contributed by atoms with van der Waals surface area (Å²) in [4.78, 5) is 25.6. The Morgan fingerprint density at radius 3 is 2.50 bits per heavy atom. The SMILES string of the molecule is Cc1cc(C)c2nc(NC(=O)c3cnc(-c4ccccc4)nc3)sc2c1. The normalized spacial score (nSPS) is 10.8. The van der Waals surface area contributed by atoms with Crippen LogP contribution in [0.5, 0.6) is 0 Å². The van der Waals surface area contributed by atoms with Gasteiger partial charge in [0.2, 0.25) is 0 Å². The molecule has 4 rings (SSSR count). The minimum atomic E-state index is -0.266. The Labute approximate surface area is 154 Å². The Bertz CT molecular complexity index is 1090. The molecule has 0 bridgehead atoms. The van der Waals surface area contributed by atoms with E-state index in [0.29, 0.717) is 16.5 Å². The van der Waals surface area contributed by atoms with E-state index < -0.39 is 0 Å². The van der Waals surface area contributed by atoms with Gasteiger partial charge in [0.25, 0.3) is 5.91 Å². The third kappa shape index (κ3) is 3.19. The van der Waals surface area contributed by atoms with Crippen molar-refractivity contribution in [1.29, 1.82) is 0 Å². The van der Waals surface area contributed by atoms with Crippen molar-refractivity contribution >= 4 is 32.6 Å². The molecular formula is C20H16N4OS. The number of aromatic nitrogens is 3. The number of nitrogens with one attached hydrogen (secondary N) is 1. The van der Waals surface area contributed by atoms with E-state index in [-0.39, 0.29) is 5.91 Å². The van der Waals surface area contributed by atoms with Gasteiger partial charge in [0, 0.05) is 18.0 Å². The second-order valence-corrected chi connectivity index (χ2v) is 7.09. The van der Waals surface area contributed by atoms with Gasteiger partial charge in [-0.2, -0.15) is 0 Å². The van der Waals surface area contributed by atoms with Crippen molar-refractivity contribution in [1.82, 2.24) is 15.0 Å². The molecule has 0 spiro atoms. The van der Waals surface area contributed by atoms with Crippen molar-refractivity contribution in [2.75, 3.05) is 5.32 Å². The molecule has 6 heteroatoms. The van der Waals surface area contributed by atoms with E-state index >= 15 is 0 Å². The minimum Gasteiger partial charge on any atom is -0.298 e. The Morgan fingerprint density at radius 2 is 1.77 bits per heavy atom. The van der Waals surface area contributed by atoms with Gasteiger partial charge in [0.15, 0.2) is 11.0 Å². The second-order valence-electron chi connectivity index (χ2n) is 6.06. The highest BCUT2D eigenvalue weighted by Gasteiger charge is 2.12. The van der Waals surface area contributed by atoms with Crippen LogP contribution >= 0.6 is 11.3 Å². The van der Waals surface area contributed by atoms with Crippen LogP contribution in [0.25, 0.3) is 21.6 Å². The minimum absolute atomic E-state index is 0.266. The maximum atomic E-state index is 12.5. The summed E-state index contributed by atoms with van der Waals surface area (Å²) < 4.78 is 1.06. The predicted octanol–water partition coefficient (Wildman–Crippen LogP) is 4.62. The lowest BCUT2D eigenvalue weighted by atomic mass is 10.1. The van der Waals surface area contributed by atoms with E-state index in [1.54, 1.807) is 0 Å². The number of carbonyl (C=O) groups excluding carboxylic acids is 1. The van der Waals surface area contributed by atoms with Crippen molar-refractivity contribution < 1.29 is 4.79 Å². The van der Waals surface area contributed by atoms with Gasteiger partial charge in [-0.15, -0.1) is 0 Å². The van der Waals surface area contributed by atoms with Gasteiger partial charge >= 0.3 is 0 Å². The van der Waals surface area contributed by atoms with Crippen LogP contribution < -0.4 is 5.32 Å². The average molecular weight is 360 g/mol. The molecule has 0 aliphatic heterocycles. The first-order chi connectivity index (χ1) is 12.6. The van der Waals surface area contributed by atoms with Gasteiger partial charge in [-0.05, 0) is 31.0 Å². The molecule has 0 radical (unpaired) electrons. The van der Waals surface area contributed by atoms with Crippen molar-refractivity contribution in [2.24, 2.45) is 0 Å². The highest BCUT2D eigenvalue weighted by molar-refractivity contribution is 7.22. The molecule has 5 nitrogen and oxygen atoms in total. The molecule has 0 fully saturated rings. The number of amides is 1. The molecule has 1 amide bonds. The van der Waals surface area contributed by atoms with E-state index in [9.17, 15) is 4.79 Å². The van der Waals surface area contributed by atoms with Crippen LogP contribution in [0.4, 0.5) is 5.13 Å². The van der Waals surface area contributed by atoms with Crippen LogP contribution in [-0.2, 0) is 0 Å². The van der Waals surface area contributed by atoms with Gasteiger partial charge in [-0.3, -0.25) is 10.1 Å². The van der Waals surface area contributed by atoms with E-state index in [1.807, 2.05) is 37.3 Å². The van der Waals surface area contributed by atoms with Crippen molar-refractivity contribution in [3.8, 4) is 11.4 Å². The maximum Gasteiger partial charge on any atom is 0.260 e. The van der Waals surface area contributed by atoms with E-state index in [4.69, 9.17) is 0 Å². The van der Waals surface area contributed by atoms with Crippen molar-refractivity contribution in [3.05, 3.63) is 71.5 Å². The van der Waals surface area contributed by atoms with Crippen LogP contribution in [0.15, 0.2) is 54.9 Å². The largest absolute Gasteiger partial charge is 0.298 e. The molecule has 2 aromatic carbocycles. The number of hydrogen-bond donors (Lipinski definition) is 1. The fourth-order valence-electron chi connectivity index (χ4n) is 2.77. The molecule has 4 aromatic rings. The first-order valence-electron chi connectivity index (χ1n) is 8.17. The number of aryl methyl sites for hydroxylation is 2. The third-order valence-electron chi connectivity index (χ3n) is 4.00. The van der Waals surface area contributed by atoms with Crippen LogP contribution in [0.2, 0.25) is 0 Å². The summed E-state index contributed by atoms with van der Waals surface area (Å²) in [5.74, 6) is 0.325. The Hall–Kier alpha value is -3.12. The summed E-state index contributed by atoms with van der Waals surface area (Å²) in [6.07, 6.45) is 3.07. The molecule has 128 valence electrons. The number of hydrogen-bond acceptors (Lipinski definition) is 5. The van der Waals surface area contributed by atoms with Crippen molar-refractivity contribution in [3.63, 3.8) is 0 Å². The summed E-state index contributed by atoms with van der Waals surface area (Å²) in [5, 5.41) is 3.42. The highest BCUT2D eigenvalue weighted by Crippen LogP contribution is 2.29. The molecule has 1 N–H and O–H groups in total. The van der Waals surface area contributed by atoms with E-state index in [0.717, 1.165) is 21.3 Å². The summed E-state index contributed by atoms with van der Waals surface area (Å²) in [5.41, 5.74) is 4.52. The molecule has 0 saturated carbocycles. The topological polar surface area (TPSA) is 67.8 Å². The molecule has 0 aliphatic rings. The molecule has 0 unspecified atom stereocenters.